The molecule has 0 aliphatic carbocycles. The Hall–Kier alpha value is -2.05. The number of piperidine rings is 1. The van der Waals surface area contributed by atoms with Gasteiger partial charge in [-0.25, -0.2) is 4.79 Å². The van der Waals surface area contributed by atoms with E-state index in [0.29, 0.717) is 31.8 Å². The molecule has 0 aromatic carbocycles. The van der Waals surface area contributed by atoms with Crippen LogP contribution in [0.4, 0.5) is 5.69 Å². The van der Waals surface area contributed by atoms with Gasteiger partial charge in [-0.05, 0) is 33.1 Å². The van der Waals surface area contributed by atoms with E-state index in [1.807, 2.05) is 6.92 Å². The Bertz CT molecular complexity index is 526. The van der Waals surface area contributed by atoms with Gasteiger partial charge in [0.25, 0.3) is 5.91 Å². The number of carbonyl (C=O) groups is 2. The van der Waals surface area contributed by atoms with Crippen LogP contribution in [0.3, 0.4) is 0 Å². The number of ether oxygens (including phenoxy) is 1. The highest BCUT2D eigenvalue weighted by atomic mass is 16.5. The first-order chi connectivity index (χ1) is 10.1. The lowest BCUT2D eigenvalue weighted by Crippen LogP contribution is -2.49. The molecule has 1 fully saturated rings. The van der Waals surface area contributed by atoms with Crippen LogP contribution in [0.5, 0.6) is 0 Å². The third-order valence-electron chi connectivity index (χ3n) is 3.64. The van der Waals surface area contributed by atoms with Gasteiger partial charge in [0.05, 0.1) is 12.3 Å². The lowest BCUT2D eigenvalue weighted by atomic mass is 10.0. The van der Waals surface area contributed by atoms with Crippen LogP contribution in [0.25, 0.3) is 0 Å². The molecule has 1 saturated heterocycles. The van der Waals surface area contributed by atoms with Crippen LogP contribution in [0.1, 0.15) is 43.6 Å². The number of rotatable bonds is 4. The van der Waals surface area contributed by atoms with E-state index in [-0.39, 0.29) is 17.6 Å². The molecule has 2 heterocycles. The minimum atomic E-state index is -0.530. The monoisotopic (exact) mass is 294 g/mol. The summed E-state index contributed by atoms with van der Waals surface area (Å²) in [4.78, 5) is 26.2. The van der Waals surface area contributed by atoms with Gasteiger partial charge in [0, 0.05) is 19.3 Å². The Morgan fingerprint density at radius 3 is 2.81 bits per heavy atom. The first-order valence-corrected chi connectivity index (χ1v) is 7.39. The highest BCUT2D eigenvalue weighted by Gasteiger charge is 2.35. The van der Waals surface area contributed by atoms with Gasteiger partial charge in [0.1, 0.15) is 6.04 Å². The highest BCUT2D eigenvalue weighted by molar-refractivity contribution is 5.99. The summed E-state index contributed by atoms with van der Waals surface area (Å²) in [6.07, 6.45) is 4.04. The molecule has 2 rings (SSSR count). The number of aryl methyl sites for hydroxylation is 1. The Labute approximate surface area is 124 Å². The van der Waals surface area contributed by atoms with E-state index in [9.17, 15) is 9.59 Å². The molecule has 0 saturated carbocycles. The van der Waals surface area contributed by atoms with Crippen LogP contribution in [0, 0.1) is 0 Å². The van der Waals surface area contributed by atoms with E-state index in [4.69, 9.17) is 10.5 Å². The van der Waals surface area contributed by atoms with Crippen LogP contribution in [-0.4, -0.2) is 45.8 Å². The number of nitrogens with zero attached hydrogens (tertiary/aromatic N) is 3. The number of anilines is 1. The first kappa shape index (κ1) is 15.3. The molecule has 1 aliphatic rings. The number of carbonyl (C=O) groups excluding carboxylic acids is 2. The van der Waals surface area contributed by atoms with Crippen LogP contribution >= 0.6 is 0 Å². The van der Waals surface area contributed by atoms with Gasteiger partial charge in [-0.15, -0.1) is 0 Å². The summed E-state index contributed by atoms with van der Waals surface area (Å²) in [7, 11) is 0. The molecule has 116 valence electrons. The van der Waals surface area contributed by atoms with E-state index in [0.717, 1.165) is 12.8 Å². The molecule has 1 aromatic heterocycles. The molecule has 7 nitrogen and oxygen atoms in total. The zero-order valence-electron chi connectivity index (χ0n) is 12.5. The van der Waals surface area contributed by atoms with Crippen molar-refractivity contribution < 1.29 is 14.3 Å². The molecular formula is C14H22N4O3. The SMILES string of the molecule is CCOC(=O)C1CCCCN1C(=O)c1nn(CC)cc1N. The molecule has 21 heavy (non-hydrogen) atoms. The molecule has 1 atom stereocenters. The molecule has 1 aromatic rings. The summed E-state index contributed by atoms with van der Waals surface area (Å²) >= 11 is 0. The van der Waals surface area contributed by atoms with E-state index in [1.165, 1.54) is 0 Å². The quantitative estimate of drug-likeness (QED) is 0.838. The maximum atomic E-state index is 12.6. The van der Waals surface area contributed by atoms with Gasteiger partial charge >= 0.3 is 5.97 Å². The summed E-state index contributed by atoms with van der Waals surface area (Å²) in [5.41, 5.74) is 6.42. The van der Waals surface area contributed by atoms with Gasteiger partial charge in [-0.3, -0.25) is 9.48 Å². The Morgan fingerprint density at radius 2 is 2.19 bits per heavy atom. The zero-order chi connectivity index (χ0) is 15.4. The van der Waals surface area contributed by atoms with E-state index < -0.39 is 6.04 Å². The fourth-order valence-corrected chi connectivity index (χ4v) is 2.56. The summed E-state index contributed by atoms with van der Waals surface area (Å²) in [6, 6.07) is -0.530. The molecule has 0 bridgehead atoms. The van der Waals surface area contributed by atoms with Crippen molar-refractivity contribution in [3.05, 3.63) is 11.9 Å². The number of aromatic nitrogens is 2. The highest BCUT2D eigenvalue weighted by Crippen LogP contribution is 2.22. The molecule has 7 heteroatoms. The number of likely N-dealkylation sites (tertiary alicyclic amines) is 1. The van der Waals surface area contributed by atoms with Gasteiger partial charge in [0.15, 0.2) is 5.69 Å². The van der Waals surface area contributed by atoms with Gasteiger partial charge < -0.3 is 15.4 Å². The second-order valence-electron chi connectivity index (χ2n) is 5.05. The molecule has 0 radical (unpaired) electrons. The van der Waals surface area contributed by atoms with Gasteiger partial charge in [-0.2, -0.15) is 5.10 Å². The summed E-state index contributed by atoms with van der Waals surface area (Å²) in [5.74, 6) is -0.642. The predicted octanol–water partition coefficient (Wildman–Crippen LogP) is 1.04. The van der Waals surface area contributed by atoms with Crippen molar-refractivity contribution in [2.45, 2.75) is 45.7 Å². The minimum absolute atomic E-state index is 0.216. The lowest BCUT2D eigenvalue weighted by molar-refractivity contribution is -0.149. The summed E-state index contributed by atoms with van der Waals surface area (Å²) in [5, 5.41) is 4.19. The number of amides is 1. The van der Waals surface area contributed by atoms with Crippen molar-refractivity contribution in [1.82, 2.24) is 14.7 Å². The summed E-state index contributed by atoms with van der Waals surface area (Å²) in [6.45, 7) is 5.15. The van der Waals surface area contributed by atoms with Crippen molar-refractivity contribution in [2.24, 2.45) is 0 Å². The smallest absolute Gasteiger partial charge is 0.328 e. The topological polar surface area (TPSA) is 90.5 Å². The largest absolute Gasteiger partial charge is 0.464 e. The predicted molar refractivity (Wildman–Crippen MR) is 77.6 cm³/mol. The third-order valence-corrected chi connectivity index (χ3v) is 3.64. The maximum absolute atomic E-state index is 12.6. The van der Waals surface area contributed by atoms with E-state index >= 15 is 0 Å². The minimum Gasteiger partial charge on any atom is -0.464 e. The third kappa shape index (κ3) is 3.17. The molecule has 0 spiro atoms. The Kier molecular flexibility index (Phi) is 4.82. The molecular weight excluding hydrogens is 272 g/mol. The Balaban J connectivity index is 2.21. The van der Waals surface area contributed by atoms with E-state index in [1.54, 1.807) is 22.7 Å². The lowest BCUT2D eigenvalue weighted by Gasteiger charge is -2.33. The van der Waals surface area contributed by atoms with Gasteiger partial charge in [-0.1, -0.05) is 0 Å². The normalized spacial score (nSPS) is 18.6. The average molecular weight is 294 g/mol. The summed E-state index contributed by atoms with van der Waals surface area (Å²) < 4.78 is 6.68. The fourth-order valence-electron chi connectivity index (χ4n) is 2.56. The maximum Gasteiger partial charge on any atom is 0.328 e. The second kappa shape index (κ2) is 6.60. The second-order valence-corrected chi connectivity index (χ2v) is 5.05. The van der Waals surface area contributed by atoms with Crippen molar-refractivity contribution in [1.29, 1.82) is 0 Å². The standard InChI is InChI=1S/C14H22N4O3/c1-3-17-9-10(15)12(16-17)13(19)18-8-6-5-7-11(18)14(20)21-4-2/h9,11H,3-8,15H2,1-2H3. The molecule has 1 unspecified atom stereocenters. The zero-order valence-corrected chi connectivity index (χ0v) is 12.5. The Morgan fingerprint density at radius 1 is 1.43 bits per heavy atom. The van der Waals surface area contributed by atoms with Crippen molar-refractivity contribution in [2.75, 3.05) is 18.9 Å². The van der Waals surface area contributed by atoms with Crippen molar-refractivity contribution in [3.63, 3.8) is 0 Å². The van der Waals surface area contributed by atoms with Crippen LogP contribution in [0.2, 0.25) is 0 Å². The first-order valence-electron chi connectivity index (χ1n) is 7.39. The van der Waals surface area contributed by atoms with Crippen LogP contribution in [0.15, 0.2) is 6.20 Å². The van der Waals surface area contributed by atoms with Crippen molar-refractivity contribution >= 4 is 17.6 Å². The fraction of sp³-hybridized carbons (Fsp3) is 0.643. The number of hydrogen-bond donors (Lipinski definition) is 1. The van der Waals surface area contributed by atoms with Gasteiger partial charge in [0.2, 0.25) is 0 Å². The van der Waals surface area contributed by atoms with Crippen LogP contribution < -0.4 is 5.73 Å². The van der Waals surface area contributed by atoms with Crippen molar-refractivity contribution in [3.8, 4) is 0 Å². The van der Waals surface area contributed by atoms with E-state index in [2.05, 4.69) is 5.10 Å². The average Bonchev–Trinajstić information content (AvgIpc) is 2.88. The molecule has 1 aliphatic heterocycles. The number of nitrogen functional groups attached to an aromatic ring is 1. The number of hydrogen-bond acceptors (Lipinski definition) is 5. The molecule has 1 amide bonds. The molecule has 2 N–H and O–H groups in total. The number of esters is 1. The number of nitrogens with two attached hydrogens (primary N) is 1. The van der Waals surface area contributed by atoms with Crippen LogP contribution in [-0.2, 0) is 16.1 Å².